The molecular weight excluding hydrogens is 477 g/mol. The molecule has 4 rings (SSSR count). The molecule has 0 bridgehead atoms. The van der Waals surface area contributed by atoms with Crippen LogP contribution in [0.4, 0.5) is 10.1 Å². The van der Waals surface area contributed by atoms with E-state index in [1.54, 1.807) is 18.2 Å². The van der Waals surface area contributed by atoms with E-state index in [1.165, 1.54) is 10.4 Å². The van der Waals surface area contributed by atoms with Crippen molar-refractivity contribution in [1.82, 2.24) is 9.62 Å². The first-order chi connectivity index (χ1) is 17.4. The van der Waals surface area contributed by atoms with E-state index in [0.29, 0.717) is 51.3 Å². The van der Waals surface area contributed by atoms with E-state index in [1.807, 2.05) is 65.6 Å². The summed E-state index contributed by atoms with van der Waals surface area (Å²) in [4.78, 5) is 14.6. The maximum atomic E-state index is 14.0. The zero-order chi connectivity index (χ0) is 25.4. The van der Waals surface area contributed by atoms with Crippen molar-refractivity contribution >= 4 is 21.6 Å². The quantitative estimate of drug-likeness (QED) is 0.420. The van der Waals surface area contributed by atoms with Gasteiger partial charge in [-0.3, -0.25) is 4.79 Å². The summed E-state index contributed by atoms with van der Waals surface area (Å²) in [5.74, 6) is -0.509. The second-order valence-corrected chi connectivity index (χ2v) is 11.0. The van der Waals surface area contributed by atoms with Crippen LogP contribution in [-0.2, 0) is 14.8 Å². The Bertz CT molecular complexity index is 1190. The highest BCUT2D eigenvalue weighted by Gasteiger charge is 2.27. The summed E-state index contributed by atoms with van der Waals surface area (Å²) in [5, 5.41) is 2.89. The van der Waals surface area contributed by atoms with Gasteiger partial charge < -0.3 is 10.2 Å². The van der Waals surface area contributed by atoms with Crippen molar-refractivity contribution in [3.63, 3.8) is 0 Å². The molecule has 0 aliphatic carbocycles. The Balaban J connectivity index is 1.24. The number of halogens is 1. The van der Waals surface area contributed by atoms with Gasteiger partial charge >= 0.3 is 0 Å². The first kappa shape index (κ1) is 25.9. The first-order valence-electron chi connectivity index (χ1n) is 12.3. The van der Waals surface area contributed by atoms with Crippen LogP contribution < -0.4 is 10.2 Å². The molecule has 0 saturated carbocycles. The van der Waals surface area contributed by atoms with Crippen LogP contribution in [0.3, 0.4) is 0 Å². The second-order valence-electron chi connectivity index (χ2n) is 8.94. The minimum absolute atomic E-state index is 0.0340. The number of rotatable bonds is 10. The molecule has 8 heteroatoms. The summed E-state index contributed by atoms with van der Waals surface area (Å²) in [5.41, 5.74) is 2.63. The topological polar surface area (TPSA) is 69.7 Å². The van der Waals surface area contributed by atoms with Gasteiger partial charge in [0.25, 0.3) is 0 Å². The minimum Gasteiger partial charge on any atom is -0.367 e. The van der Waals surface area contributed by atoms with Crippen LogP contribution in [0.1, 0.15) is 29.9 Å². The molecule has 1 aliphatic rings. The van der Waals surface area contributed by atoms with Crippen molar-refractivity contribution in [2.75, 3.05) is 43.4 Å². The van der Waals surface area contributed by atoms with Crippen molar-refractivity contribution in [2.45, 2.75) is 18.8 Å². The standard InChI is InChI=1S/C28H32FN3O3S/c29-26-14-7-8-15-27(26)31-17-19-32(20-18-31)36(34,35)21-9-16-30-28(33)22-25(23-10-3-1-4-11-23)24-12-5-2-6-13-24/h1-8,10-15,25H,9,16-22H2,(H,30,33). The summed E-state index contributed by atoms with van der Waals surface area (Å²) in [6.07, 6.45) is 0.627. The van der Waals surface area contributed by atoms with Gasteiger partial charge in [0.1, 0.15) is 5.82 Å². The van der Waals surface area contributed by atoms with Crippen LogP contribution >= 0.6 is 0 Å². The molecular formula is C28H32FN3O3S. The monoisotopic (exact) mass is 509 g/mol. The van der Waals surface area contributed by atoms with Crippen LogP contribution in [-0.4, -0.2) is 57.1 Å². The number of nitrogens with zero attached hydrogens (tertiary/aromatic N) is 2. The number of hydrogen-bond acceptors (Lipinski definition) is 4. The van der Waals surface area contributed by atoms with Gasteiger partial charge in [-0.25, -0.2) is 12.8 Å². The van der Waals surface area contributed by atoms with Gasteiger partial charge in [0.15, 0.2) is 0 Å². The molecule has 0 atom stereocenters. The Morgan fingerprint density at radius 2 is 1.39 bits per heavy atom. The van der Waals surface area contributed by atoms with Crippen LogP contribution in [0.15, 0.2) is 84.9 Å². The van der Waals surface area contributed by atoms with E-state index in [-0.39, 0.29) is 23.4 Å². The lowest BCUT2D eigenvalue weighted by Gasteiger charge is -2.35. The second kappa shape index (κ2) is 12.1. The molecule has 36 heavy (non-hydrogen) atoms. The number of para-hydroxylation sites is 1. The Hall–Kier alpha value is -3.23. The zero-order valence-corrected chi connectivity index (χ0v) is 21.0. The fourth-order valence-corrected chi connectivity index (χ4v) is 6.07. The molecule has 0 unspecified atom stereocenters. The van der Waals surface area contributed by atoms with Gasteiger partial charge in [-0.2, -0.15) is 4.31 Å². The number of amides is 1. The Morgan fingerprint density at radius 1 is 0.833 bits per heavy atom. The van der Waals surface area contributed by atoms with E-state index >= 15 is 0 Å². The Morgan fingerprint density at radius 3 is 1.97 bits per heavy atom. The summed E-state index contributed by atoms with van der Waals surface area (Å²) in [7, 11) is -3.44. The molecule has 0 aromatic heterocycles. The SMILES string of the molecule is O=C(CC(c1ccccc1)c1ccccc1)NCCCS(=O)(=O)N1CCN(c2ccccc2F)CC1. The molecule has 1 N–H and O–H groups in total. The lowest BCUT2D eigenvalue weighted by atomic mass is 9.88. The van der Waals surface area contributed by atoms with Gasteiger partial charge in [0.2, 0.25) is 15.9 Å². The van der Waals surface area contributed by atoms with Crippen molar-refractivity contribution in [3.8, 4) is 0 Å². The maximum absolute atomic E-state index is 14.0. The highest BCUT2D eigenvalue weighted by Crippen LogP contribution is 2.27. The number of carbonyl (C=O) groups is 1. The Kier molecular flexibility index (Phi) is 8.72. The average molecular weight is 510 g/mol. The zero-order valence-electron chi connectivity index (χ0n) is 20.2. The molecule has 3 aromatic carbocycles. The van der Waals surface area contributed by atoms with Gasteiger partial charge in [-0.1, -0.05) is 72.8 Å². The number of nitrogens with one attached hydrogen (secondary N) is 1. The fraction of sp³-hybridized carbons (Fsp3) is 0.321. The highest BCUT2D eigenvalue weighted by atomic mass is 32.2. The molecule has 0 spiro atoms. The number of piperazine rings is 1. The first-order valence-corrected chi connectivity index (χ1v) is 13.9. The number of benzene rings is 3. The maximum Gasteiger partial charge on any atom is 0.220 e. The van der Waals surface area contributed by atoms with E-state index in [0.717, 1.165) is 11.1 Å². The molecule has 0 radical (unpaired) electrons. The third kappa shape index (κ3) is 6.71. The summed E-state index contributed by atoms with van der Waals surface area (Å²) >= 11 is 0. The number of sulfonamides is 1. The van der Waals surface area contributed by atoms with E-state index in [9.17, 15) is 17.6 Å². The predicted octanol–water partition coefficient (Wildman–Crippen LogP) is 4.01. The molecule has 1 heterocycles. The van der Waals surface area contributed by atoms with Crippen LogP contribution in [0, 0.1) is 5.82 Å². The van der Waals surface area contributed by atoms with Crippen LogP contribution in [0.2, 0.25) is 0 Å². The van der Waals surface area contributed by atoms with Crippen LogP contribution in [0.25, 0.3) is 0 Å². The van der Waals surface area contributed by atoms with Crippen molar-refractivity contribution in [2.24, 2.45) is 0 Å². The lowest BCUT2D eigenvalue weighted by molar-refractivity contribution is -0.121. The van der Waals surface area contributed by atoms with Crippen molar-refractivity contribution in [1.29, 1.82) is 0 Å². The van der Waals surface area contributed by atoms with Gasteiger partial charge in [-0.15, -0.1) is 0 Å². The van der Waals surface area contributed by atoms with Crippen LogP contribution in [0.5, 0.6) is 0 Å². The summed E-state index contributed by atoms with van der Waals surface area (Å²) in [6, 6.07) is 26.4. The Labute approximate surface area is 212 Å². The number of carbonyl (C=O) groups excluding carboxylic acids is 1. The van der Waals surface area contributed by atoms with Gasteiger partial charge in [0.05, 0.1) is 11.4 Å². The molecule has 1 saturated heterocycles. The normalized spacial score (nSPS) is 14.7. The molecule has 1 amide bonds. The predicted molar refractivity (Wildman–Crippen MR) is 141 cm³/mol. The van der Waals surface area contributed by atoms with Gasteiger partial charge in [0, 0.05) is 45.1 Å². The van der Waals surface area contributed by atoms with Crippen molar-refractivity contribution in [3.05, 3.63) is 102 Å². The molecule has 190 valence electrons. The summed E-state index contributed by atoms with van der Waals surface area (Å²) in [6.45, 7) is 1.82. The average Bonchev–Trinajstić information content (AvgIpc) is 2.91. The lowest BCUT2D eigenvalue weighted by Crippen LogP contribution is -2.49. The highest BCUT2D eigenvalue weighted by molar-refractivity contribution is 7.89. The van der Waals surface area contributed by atoms with E-state index in [2.05, 4.69) is 5.32 Å². The van der Waals surface area contributed by atoms with E-state index in [4.69, 9.17) is 0 Å². The van der Waals surface area contributed by atoms with E-state index < -0.39 is 10.0 Å². The largest absolute Gasteiger partial charge is 0.367 e. The minimum atomic E-state index is -3.44. The number of anilines is 1. The molecule has 1 fully saturated rings. The van der Waals surface area contributed by atoms with Crippen molar-refractivity contribution < 1.29 is 17.6 Å². The molecule has 1 aliphatic heterocycles. The smallest absolute Gasteiger partial charge is 0.220 e. The third-order valence-corrected chi connectivity index (χ3v) is 8.48. The molecule has 6 nitrogen and oxygen atoms in total. The fourth-order valence-electron chi connectivity index (χ4n) is 4.58. The van der Waals surface area contributed by atoms with Gasteiger partial charge in [-0.05, 0) is 29.7 Å². The number of hydrogen-bond donors (Lipinski definition) is 1. The third-order valence-electron chi connectivity index (χ3n) is 6.52. The summed E-state index contributed by atoms with van der Waals surface area (Å²) < 4.78 is 41.1. The molecule has 3 aromatic rings.